The molecule has 0 amide bonds. The van der Waals surface area contributed by atoms with Crippen molar-refractivity contribution >= 4 is 34.6 Å². The summed E-state index contributed by atoms with van der Waals surface area (Å²) >= 11 is 11.1. The smallest absolute Gasteiger partial charge is 0.127 e. The van der Waals surface area contributed by atoms with Gasteiger partial charge in [0.05, 0.1) is 6.54 Å². The van der Waals surface area contributed by atoms with Crippen LogP contribution in [0.2, 0.25) is 0 Å². The van der Waals surface area contributed by atoms with Crippen molar-refractivity contribution < 1.29 is 14.7 Å². The number of ether oxygens (including phenoxy) is 2. The predicted octanol–water partition coefficient (Wildman–Crippen LogP) is 6.47. The second kappa shape index (κ2) is 11.1. The molecule has 0 aromatic heterocycles. The molecule has 0 aliphatic rings. The maximum absolute atomic E-state index is 9.26. The fourth-order valence-electron chi connectivity index (χ4n) is 2.59. The van der Waals surface area contributed by atoms with E-state index in [2.05, 4.69) is 10.5 Å². The first-order valence-electron chi connectivity index (χ1n) is 9.16. The van der Waals surface area contributed by atoms with Crippen molar-refractivity contribution in [3.8, 4) is 17.2 Å². The average Bonchev–Trinajstić information content (AvgIpc) is 2.77. The predicted molar refractivity (Wildman–Crippen MR) is 121 cm³/mol. The lowest BCUT2D eigenvalue weighted by atomic mass is 10.1. The molecule has 0 spiro atoms. The molecule has 3 aromatic rings. The number of rotatable bonds is 9. The highest BCUT2D eigenvalue weighted by Gasteiger charge is 2.04. The summed E-state index contributed by atoms with van der Waals surface area (Å²) in [6.07, 6.45) is 1.57. The monoisotopic (exact) mass is 442 g/mol. The molecule has 30 heavy (non-hydrogen) atoms. The van der Waals surface area contributed by atoms with E-state index in [0.717, 1.165) is 11.3 Å². The lowest BCUT2D eigenvalue weighted by molar-refractivity contribution is 0.319. The summed E-state index contributed by atoms with van der Waals surface area (Å²) < 4.78 is 11.5. The summed E-state index contributed by atoms with van der Waals surface area (Å²) in [4.78, 5) is 0. The first-order chi connectivity index (χ1) is 14.6. The van der Waals surface area contributed by atoms with Crippen LogP contribution in [0, 0.1) is 0 Å². The van der Waals surface area contributed by atoms with Gasteiger partial charge >= 0.3 is 0 Å². The van der Waals surface area contributed by atoms with E-state index >= 15 is 0 Å². The number of hydrogen-bond acceptors (Lipinski definition) is 5. The Morgan fingerprint density at radius 2 is 1.47 bits per heavy atom. The van der Waals surface area contributed by atoms with Crippen LogP contribution in [0.4, 0.5) is 5.69 Å². The summed E-state index contributed by atoms with van der Waals surface area (Å²) in [6.45, 7) is 0.691. The van der Waals surface area contributed by atoms with E-state index in [1.807, 2.05) is 66.7 Å². The Hall–Kier alpha value is -3.15. The first kappa shape index (κ1) is 21.6. The van der Waals surface area contributed by atoms with Crippen LogP contribution in [-0.4, -0.2) is 24.1 Å². The second-order valence-corrected chi connectivity index (χ2v) is 7.18. The summed E-state index contributed by atoms with van der Waals surface area (Å²) in [5, 5.41) is 15.9. The van der Waals surface area contributed by atoms with Crippen molar-refractivity contribution in [2.24, 2.45) is 5.16 Å². The number of benzene rings is 3. The molecule has 0 fully saturated rings. The van der Waals surface area contributed by atoms with Gasteiger partial charge in [0.15, 0.2) is 0 Å². The molecule has 0 bridgehead atoms. The molecule has 5 nitrogen and oxygen atoms in total. The molecule has 0 aliphatic heterocycles. The third kappa shape index (κ3) is 6.72. The Balaban J connectivity index is 1.52. The van der Waals surface area contributed by atoms with Gasteiger partial charge in [-0.2, -0.15) is 0 Å². The highest BCUT2D eigenvalue weighted by atomic mass is 35.5. The molecule has 0 unspecified atom stereocenters. The Morgan fingerprint density at radius 1 is 0.867 bits per heavy atom. The van der Waals surface area contributed by atoms with Crippen LogP contribution in [-0.2, 0) is 0 Å². The lowest BCUT2D eigenvalue weighted by Crippen LogP contribution is -2.15. The Labute approximate surface area is 185 Å². The van der Waals surface area contributed by atoms with Crippen LogP contribution < -0.4 is 14.8 Å². The maximum atomic E-state index is 9.26. The van der Waals surface area contributed by atoms with Gasteiger partial charge in [-0.25, -0.2) is 0 Å². The minimum Gasteiger partial charge on any atom is -0.489 e. The summed E-state index contributed by atoms with van der Waals surface area (Å²) in [6, 6.07) is 24.3. The van der Waals surface area contributed by atoms with Gasteiger partial charge in [-0.15, -0.1) is 0 Å². The van der Waals surface area contributed by atoms with Gasteiger partial charge in [-0.05, 0) is 54.6 Å². The summed E-state index contributed by atoms with van der Waals surface area (Å²) in [5.74, 6) is 2.07. The number of nitrogens with one attached hydrogen (secondary N) is 1. The quantitative estimate of drug-likeness (QED) is 0.226. The van der Waals surface area contributed by atoms with E-state index in [0.29, 0.717) is 36.1 Å². The van der Waals surface area contributed by atoms with Crippen molar-refractivity contribution in [2.45, 2.75) is 0 Å². The van der Waals surface area contributed by atoms with Gasteiger partial charge in [0, 0.05) is 11.3 Å². The van der Waals surface area contributed by atoms with Gasteiger partial charge in [0.25, 0.3) is 0 Å². The number of nitrogens with zero attached hydrogens (tertiary/aromatic N) is 1. The van der Waals surface area contributed by atoms with E-state index in [-0.39, 0.29) is 4.49 Å². The SMILES string of the molecule is ON=C(CNc1ccc(Oc2ccc(OCC=C(Cl)Cl)cc2)cc1)c1ccccc1. The maximum Gasteiger partial charge on any atom is 0.127 e. The zero-order chi connectivity index (χ0) is 21.2. The first-order valence-corrected chi connectivity index (χ1v) is 9.92. The molecular formula is C23H20Cl2N2O3. The third-order valence-electron chi connectivity index (χ3n) is 4.09. The van der Waals surface area contributed by atoms with Crippen molar-refractivity contribution in [1.82, 2.24) is 0 Å². The topological polar surface area (TPSA) is 63.1 Å². The molecule has 0 radical (unpaired) electrons. The van der Waals surface area contributed by atoms with Crippen LogP contribution >= 0.6 is 23.2 Å². The Morgan fingerprint density at radius 3 is 2.07 bits per heavy atom. The van der Waals surface area contributed by atoms with Gasteiger partial charge in [0.1, 0.15) is 34.1 Å². The van der Waals surface area contributed by atoms with Gasteiger partial charge in [0.2, 0.25) is 0 Å². The average molecular weight is 443 g/mol. The summed E-state index contributed by atoms with van der Waals surface area (Å²) in [7, 11) is 0. The Kier molecular flexibility index (Phi) is 8.01. The molecule has 0 heterocycles. The van der Waals surface area contributed by atoms with Crippen LogP contribution in [0.3, 0.4) is 0 Å². The molecule has 3 aromatic carbocycles. The van der Waals surface area contributed by atoms with E-state index in [4.69, 9.17) is 32.7 Å². The summed E-state index contributed by atoms with van der Waals surface area (Å²) in [5.41, 5.74) is 2.30. The largest absolute Gasteiger partial charge is 0.489 e. The van der Waals surface area contributed by atoms with Crippen molar-refractivity contribution in [3.63, 3.8) is 0 Å². The standard InChI is InChI=1S/C23H20Cl2N2O3/c24-23(25)14-15-29-19-10-12-21(13-11-19)30-20-8-6-18(7-9-20)26-16-22(27-28)17-4-2-1-3-5-17/h1-14,26,28H,15-16H2. The number of oxime groups is 1. The van der Waals surface area contributed by atoms with Crippen LogP contribution in [0.25, 0.3) is 0 Å². The van der Waals surface area contributed by atoms with E-state index in [1.54, 1.807) is 18.2 Å². The van der Waals surface area contributed by atoms with Gasteiger partial charge in [-0.1, -0.05) is 58.7 Å². The van der Waals surface area contributed by atoms with Crippen LogP contribution in [0.1, 0.15) is 5.56 Å². The number of halogens is 2. The number of hydrogen-bond donors (Lipinski definition) is 2. The highest BCUT2D eigenvalue weighted by Crippen LogP contribution is 2.25. The fraction of sp³-hybridized carbons (Fsp3) is 0.0870. The van der Waals surface area contributed by atoms with Crippen molar-refractivity contribution in [3.05, 3.63) is 95.0 Å². The van der Waals surface area contributed by atoms with E-state index in [1.165, 1.54) is 0 Å². The third-order valence-corrected chi connectivity index (χ3v) is 4.40. The zero-order valence-corrected chi connectivity index (χ0v) is 17.5. The molecule has 0 aliphatic carbocycles. The van der Waals surface area contributed by atoms with E-state index < -0.39 is 0 Å². The zero-order valence-electron chi connectivity index (χ0n) is 16.0. The molecule has 0 saturated carbocycles. The van der Waals surface area contributed by atoms with Crippen LogP contribution in [0.5, 0.6) is 17.2 Å². The molecule has 7 heteroatoms. The van der Waals surface area contributed by atoms with Gasteiger partial charge in [-0.3, -0.25) is 0 Å². The molecular weight excluding hydrogens is 423 g/mol. The minimum atomic E-state index is 0.174. The van der Waals surface area contributed by atoms with Gasteiger partial charge < -0.3 is 20.0 Å². The molecule has 0 atom stereocenters. The van der Waals surface area contributed by atoms with E-state index in [9.17, 15) is 5.21 Å². The Bertz CT molecular complexity index is 985. The number of anilines is 1. The molecule has 3 rings (SSSR count). The lowest BCUT2D eigenvalue weighted by Gasteiger charge is -2.10. The molecule has 2 N–H and O–H groups in total. The van der Waals surface area contributed by atoms with Crippen molar-refractivity contribution in [1.29, 1.82) is 0 Å². The molecule has 0 saturated heterocycles. The van der Waals surface area contributed by atoms with Crippen molar-refractivity contribution in [2.75, 3.05) is 18.5 Å². The minimum absolute atomic E-state index is 0.174. The van der Waals surface area contributed by atoms with Crippen LogP contribution in [0.15, 0.2) is 94.6 Å². The second-order valence-electron chi connectivity index (χ2n) is 6.17. The fourth-order valence-corrected chi connectivity index (χ4v) is 2.72. The normalized spacial score (nSPS) is 10.9. The highest BCUT2D eigenvalue weighted by molar-refractivity contribution is 6.55. The molecule has 154 valence electrons.